The summed E-state index contributed by atoms with van der Waals surface area (Å²) >= 11 is 0. The molecule has 1 fully saturated rings. The molecule has 2 rings (SSSR count). The highest BCUT2D eigenvalue weighted by Gasteiger charge is 2.26. The lowest BCUT2D eigenvalue weighted by molar-refractivity contribution is 0.0992. The second-order valence-electron chi connectivity index (χ2n) is 5.17. The summed E-state index contributed by atoms with van der Waals surface area (Å²) in [4.78, 5) is 0. The smallest absolute Gasteiger partial charge is 0.119 e. The first-order valence-corrected chi connectivity index (χ1v) is 6.99. The van der Waals surface area contributed by atoms with E-state index in [1.165, 1.54) is 0 Å². The molecule has 0 spiro atoms. The SMILES string of the molecule is OCC1CCCC1NCC(O)COc1ccccc1. The first-order valence-electron chi connectivity index (χ1n) is 6.99. The lowest BCUT2D eigenvalue weighted by Crippen LogP contribution is -2.40. The molecular weight excluding hydrogens is 242 g/mol. The van der Waals surface area contributed by atoms with E-state index in [1.807, 2.05) is 30.3 Å². The van der Waals surface area contributed by atoms with Crippen LogP contribution in [-0.2, 0) is 0 Å². The van der Waals surface area contributed by atoms with Gasteiger partial charge in [-0.3, -0.25) is 0 Å². The molecular formula is C15H23NO3. The van der Waals surface area contributed by atoms with Gasteiger partial charge in [0.1, 0.15) is 18.5 Å². The van der Waals surface area contributed by atoms with Crippen LogP contribution in [0.4, 0.5) is 0 Å². The molecule has 0 heterocycles. The molecule has 4 nitrogen and oxygen atoms in total. The topological polar surface area (TPSA) is 61.7 Å². The van der Waals surface area contributed by atoms with Crippen molar-refractivity contribution in [3.05, 3.63) is 30.3 Å². The van der Waals surface area contributed by atoms with Crippen LogP contribution in [0.2, 0.25) is 0 Å². The molecule has 19 heavy (non-hydrogen) atoms. The van der Waals surface area contributed by atoms with Crippen LogP contribution in [0.3, 0.4) is 0 Å². The maximum absolute atomic E-state index is 9.88. The van der Waals surface area contributed by atoms with Gasteiger partial charge in [0.2, 0.25) is 0 Å². The summed E-state index contributed by atoms with van der Waals surface area (Å²) in [5.41, 5.74) is 0. The number of aliphatic hydroxyl groups excluding tert-OH is 2. The van der Waals surface area contributed by atoms with E-state index in [4.69, 9.17) is 4.74 Å². The van der Waals surface area contributed by atoms with Gasteiger partial charge in [-0.2, -0.15) is 0 Å². The lowest BCUT2D eigenvalue weighted by Gasteiger charge is -2.21. The third-order valence-electron chi connectivity index (χ3n) is 3.69. The molecule has 4 heteroatoms. The van der Waals surface area contributed by atoms with Crippen LogP contribution in [-0.4, -0.2) is 42.1 Å². The van der Waals surface area contributed by atoms with Crippen LogP contribution in [0.5, 0.6) is 5.75 Å². The van der Waals surface area contributed by atoms with E-state index in [0.717, 1.165) is 25.0 Å². The molecule has 3 N–H and O–H groups in total. The Morgan fingerprint density at radius 1 is 1.26 bits per heavy atom. The van der Waals surface area contributed by atoms with Crippen LogP contribution in [0, 0.1) is 5.92 Å². The molecule has 1 aromatic carbocycles. The molecule has 106 valence electrons. The average Bonchev–Trinajstić information content (AvgIpc) is 2.91. The van der Waals surface area contributed by atoms with Crippen molar-refractivity contribution < 1.29 is 14.9 Å². The minimum Gasteiger partial charge on any atom is -0.491 e. The summed E-state index contributed by atoms with van der Waals surface area (Å²) in [5.74, 6) is 1.11. The molecule has 3 atom stereocenters. The summed E-state index contributed by atoms with van der Waals surface area (Å²) in [6.45, 7) is 1.02. The standard InChI is InChI=1S/C15H23NO3/c17-10-12-5-4-8-15(12)16-9-13(18)11-19-14-6-2-1-3-7-14/h1-3,6-7,12-13,15-18H,4-5,8-11H2. The van der Waals surface area contributed by atoms with Gasteiger partial charge in [0, 0.05) is 19.2 Å². The lowest BCUT2D eigenvalue weighted by atomic mass is 10.1. The molecule has 0 bridgehead atoms. The Morgan fingerprint density at radius 2 is 2.05 bits per heavy atom. The Morgan fingerprint density at radius 3 is 2.79 bits per heavy atom. The second kappa shape index (κ2) is 7.48. The number of hydrogen-bond acceptors (Lipinski definition) is 4. The number of para-hydroxylation sites is 1. The molecule has 0 aromatic heterocycles. The summed E-state index contributed by atoms with van der Waals surface area (Å²) < 4.78 is 5.50. The van der Waals surface area contributed by atoms with Crippen molar-refractivity contribution >= 4 is 0 Å². The average molecular weight is 265 g/mol. The molecule has 0 aliphatic heterocycles. The zero-order valence-electron chi connectivity index (χ0n) is 11.2. The van der Waals surface area contributed by atoms with Crippen molar-refractivity contribution in [2.75, 3.05) is 19.8 Å². The van der Waals surface area contributed by atoms with Crippen molar-refractivity contribution in [3.8, 4) is 5.75 Å². The highest BCUT2D eigenvalue weighted by Crippen LogP contribution is 2.24. The van der Waals surface area contributed by atoms with E-state index in [2.05, 4.69) is 5.32 Å². The molecule has 0 radical (unpaired) electrons. The van der Waals surface area contributed by atoms with E-state index in [-0.39, 0.29) is 13.2 Å². The fourth-order valence-electron chi connectivity index (χ4n) is 2.58. The fourth-order valence-corrected chi connectivity index (χ4v) is 2.58. The highest BCUT2D eigenvalue weighted by atomic mass is 16.5. The van der Waals surface area contributed by atoms with Gasteiger partial charge in [0.15, 0.2) is 0 Å². The van der Waals surface area contributed by atoms with Gasteiger partial charge in [-0.25, -0.2) is 0 Å². The zero-order valence-corrected chi connectivity index (χ0v) is 11.2. The number of hydrogen-bond donors (Lipinski definition) is 3. The van der Waals surface area contributed by atoms with Crippen LogP contribution in [0.15, 0.2) is 30.3 Å². The van der Waals surface area contributed by atoms with Crippen molar-refractivity contribution in [2.24, 2.45) is 5.92 Å². The zero-order chi connectivity index (χ0) is 13.5. The Balaban J connectivity index is 1.66. The Bertz CT molecular complexity index is 358. The quantitative estimate of drug-likeness (QED) is 0.693. The summed E-state index contributed by atoms with van der Waals surface area (Å²) in [6, 6.07) is 9.82. The molecule has 1 aliphatic rings. The first-order chi connectivity index (χ1) is 9.29. The van der Waals surface area contributed by atoms with Gasteiger partial charge >= 0.3 is 0 Å². The number of ether oxygens (including phenoxy) is 1. The van der Waals surface area contributed by atoms with Gasteiger partial charge in [0.05, 0.1) is 0 Å². The maximum Gasteiger partial charge on any atom is 0.119 e. The van der Waals surface area contributed by atoms with Crippen LogP contribution in [0.1, 0.15) is 19.3 Å². The van der Waals surface area contributed by atoms with E-state index < -0.39 is 6.10 Å². The van der Waals surface area contributed by atoms with Crippen LogP contribution >= 0.6 is 0 Å². The van der Waals surface area contributed by atoms with Crippen molar-refractivity contribution in [1.82, 2.24) is 5.32 Å². The predicted octanol–water partition coefficient (Wildman–Crippen LogP) is 1.18. The van der Waals surface area contributed by atoms with Gasteiger partial charge < -0.3 is 20.3 Å². The number of rotatable bonds is 7. The summed E-state index contributed by atoms with van der Waals surface area (Å²) in [6.07, 6.45) is 2.78. The van der Waals surface area contributed by atoms with Gasteiger partial charge in [-0.05, 0) is 30.9 Å². The fraction of sp³-hybridized carbons (Fsp3) is 0.600. The number of benzene rings is 1. The van der Waals surface area contributed by atoms with Gasteiger partial charge in [-0.1, -0.05) is 24.6 Å². The Kier molecular flexibility index (Phi) is 5.63. The second-order valence-corrected chi connectivity index (χ2v) is 5.17. The maximum atomic E-state index is 9.88. The normalized spacial score (nSPS) is 24.3. The van der Waals surface area contributed by atoms with Crippen molar-refractivity contribution in [1.29, 1.82) is 0 Å². The molecule has 1 saturated carbocycles. The van der Waals surface area contributed by atoms with E-state index in [9.17, 15) is 10.2 Å². The number of aliphatic hydroxyl groups is 2. The van der Waals surface area contributed by atoms with Crippen LogP contribution in [0.25, 0.3) is 0 Å². The minimum atomic E-state index is -0.528. The van der Waals surface area contributed by atoms with Gasteiger partial charge in [-0.15, -0.1) is 0 Å². The molecule has 3 unspecified atom stereocenters. The summed E-state index contributed by atoms with van der Waals surface area (Å²) in [7, 11) is 0. The third-order valence-corrected chi connectivity index (χ3v) is 3.69. The van der Waals surface area contributed by atoms with E-state index in [1.54, 1.807) is 0 Å². The molecule has 0 saturated heterocycles. The Labute approximate surface area is 114 Å². The minimum absolute atomic E-state index is 0.230. The largest absolute Gasteiger partial charge is 0.491 e. The Hall–Kier alpha value is -1.10. The third kappa shape index (κ3) is 4.49. The molecule has 1 aromatic rings. The molecule has 1 aliphatic carbocycles. The van der Waals surface area contributed by atoms with Gasteiger partial charge in [0.25, 0.3) is 0 Å². The monoisotopic (exact) mass is 265 g/mol. The predicted molar refractivity (Wildman–Crippen MR) is 74.2 cm³/mol. The summed E-state index contributed by atoms with van der Waals surface area (Å²) in [5, 5.41) is 22.4. The van der Waals surface area contributed by atoms with Crippen molar-refractivity contribution in [2.45, 2.75) is 31.4 Å². The van der Waals surface area contributed by atoms with Crippen molar-refractivity contribution in [3.63, 3.8) is 0 Å². The number of nitrogens with one attached hydrogen (secondary N) is 1. The van der Waals surface area contributed by atoms with E-state index in [0.29, 0.717) is 18.5 Å². The van der Waals surface area contributed by atoms with E-state index >= 15 is 0 Å². The van der Waals surface area contributed by atoms with Crippen LogP contribution < -0.4 is 10.1 Å². The highest BCUT2D eigenvalue weighted by molar-refractivity contribution is 5.20. The first kappa shape index (κ1) is 14.3. The molecule has 0 amide bonds.